The number of hydrogen-bond donors (Lipinski definition) is 2. The van der Waals surface area contributed by atoms with E-state index in [2.05, 4.69) is 31.0 Å². The number of aryl methyl sites for hydroxylation is 1. The lowest BCUT2D eigenvalue weighted by Crippen LogP contribution is -2.44. The Kier molecular flexibility index (Phi) is 7.81. The first kappa shape index (κ1) is 24.5. The molecular formula is C22H23BrFN3O3S2. The molecule has 0 radical (unpaired) electrons. The van der Waals surface area contributed by atoms with E-state index in [4.69, 9.17) is 0 Å². The van der Waals surface area contributed by atoms with Gasteiger partial charge in [-0.15, -0.1) is 11.3 Å². The van der Waals surface area contributed by atoms with Crippen LogP contribution in [0.5, 0.6) is 0 Å². The minimum atomic E-state index is -3.88. The minimum Gasteiger partial charge on any atom is -0.301 e. The molecule has 0 saturated heterocycles. The van der Waals surface area contributed by atoms with Crippen molar-refractivity contribution in [3.05, 3.63) is 63.7 Å². The number of anilines is 1. The van der Waals surface area contributed by atoms with Crippen LogP contribution in [-0.4, -0.2) is 25.4 Å². The Morgan fingerprint density at radius 1 is 1.19 bits per heavy atom. The number of aromatic nitrogens is 1. The second-order valence-electron chi connectivity index (χ2n) is 7.77. The number of carbonyl (C=O) groups excluding carboxylic acids is 1. The molecule has 0 bridgehead atoms. The van der Waals surface area contributed by atoms with E-state index in [0.29, 0.717) is 27.3 Å². The predicted octanol–water partition coefficient (Wildman–Crippen LogP) is 5.35. The number of rotatable bonds is 8. The molecule has 0 aliphatic carbocycles. The lowest BCUT2D eigenvalue weighted by molar-refractivity contribution is -0.118. The Morgan fingerprint density at radius 2 is 1.88 bits per heavy atom. The number of halogens is 2. The van der Waals surface area contributed by atoms with Crippen LogP contribution in [0.15, 0.2) is 57.2 Å². The fourth-order valence-electron chi connectivity index (χ4n) is 3.00. The maximum Gasteiger partial charge on any atom is 0.244 e. The standard InChI is InChI=1S/C22H23BrFN3O3S2/c1-13(2)10-19(27-32(29,30)16-7-4-14(3)5-8-16)21(28)26-22-25-20(12-31-22)17-9-6-15(24)11-18(17)23/h4-9,11-13,19,27H,10H2,1-3H3,(H,25,26,28)/t19-/m0/s1. The molecule has 6 nitrogen and oxygen atoms in total. The summed E-state index contributed by atoms with van der Waals surface area (Å²) in [5.41, 5.74) is 2.19. The monoisotopic (exact) mass is 539 g/mol. The molecule has 0 fully saturated rings. The van der Waals surface area contributed by atoms with E-state index in [9.17, 15) is 17.6 Å². The lowest BCUT2D eigenvalue weighted by atomic mass is 10.0. The van der Waals surface area contributed by atoms with Gasteiger partial charge in [0.2, 0.25) is 15.9 Å². The first-order valence-electron chi connectivity index (χ1n) is 9.86. The molecule has 1 aromatic heterocycles. The largest absolute Gasteiger partial charge is 0.301 e. The third-order valence-electron chi connectivity index (χ3n) is 4.59. The summed E-state index contributed by atoms with van der Waals surface area (Å²) in [5.74, 6) is -0.788. The highest BCUT2D eigenvalue weighted by Gasteiger charge is 2.27. The molecule has 0 spiro atoms. The third kappa shape index (κ3) is 6.22. The molecule has 1 atom stereocenters. The van der Waals surface area contributed by atoms with E-state index in [1.54, 1.807) is 23.6 Å². The SMILES string of the molecule is Cc1ccc(S(=O)(=O)N[C@@H](CC(C)C)C(=O)Nc2nc(-c3ccc(F)cc3Br)cs2)cc1. The van der Waals surface area contributed by atoms with Gasteiger partial charge in [0.05, 0.1) is 10.6 Å². The highest BCUT2D eigenvalue weighted by Crippen LogP contribution is 2.31. The van der Waals surface area contributed by atoms with Gasteiger partial charge < -0.3 is 5.32 Å². The van der Waals surface area contributed by atoms with Gasteiger partial charge in [-0.2, -0.15) is 4.72 Å². The van der Waals surface area contributed by atoms with Crippen LogP contribution >= 0.6 is 27.3 Å². The summed E-state index contributed by atoms with van der Waals surface area (Å²) < 4.78 is 42.0. The molecule has 0 aliphatic heterocycles. The maximum atomic E-state index is 13.4. The molecule has 10 heteroatoms. The van der Waals surface area contributed by atoms with Crippen molar-refractivity contribution in [3.63, 3.8) is 0 Å². The normalized spacial score (nSPS) is 12.7. The molecule has 2 N–H and O–H groups in total. The quantitative estimate of drug-likeness (QED) is 0.403. The van der Waals surface area contributed by atoms with Crippen LogP contribution in [0.3, 0.4) is 0 Å². The fraction of sp³-hybridized carbons (Fsp3) is 0.273. The van der Waals surface area contributed by atoms with Gasteiger partial charge in [-0.05, 0) is 65.5 Å². The molecule has 2 aromatic carbocycles. The number of thiazole rings is 1. The molecular weight excluding hydrogens is 517 g/mol. The number of benzene rings is 2. The zero-order valence-electron chi connectivity index (χ0n) is 17.7. The second kappa shape index (κ2) is 10.2. The van der Waals surface area contributed by atoms with Crippen LogP contribution < -0.4 is 10.0 Å². The van der Waals surface area contributed by atoms with Crippen LogP contribution in [0, 0.1) is 18.7 Å². The van der Waals surface area contributed by atoms with Crippen molar-refractivity contribution >= 4 is 48.3 Å². The number of nitrogens with zero attached hydrogens (tertiary/aromatic N) is 1. The van der Waals surface area contributed by atoms with Crippen LogP contribution in [0.1, 0.15) is 25.8 Å². The summed E-state index contributed by atoms with van der Waals surface area (Å²) in [6, 6.07) is 9.73. The molecule has 3 rings (SSSR count). The van der Waals surface area contributed by atoms with Crippen LogP contribution in [0.25, 0.3) is 11.3 Å². The van der Waals surface area contributed by atoms with Crippen molar-refractivity contribution in [2.45, 2.75) is 38.1 Å². The number of sulfonamides is 1. The van der Waals surface area contributed by atoms with Gasteiger partial charge >= 0.3 is 0 Å². The Morgan fingerprint density at radius 3 is 2.50 bits per heavy atom. The van der Waals surface area contributed by atoms with Crippen molar-refractivity contribution in [2.75, 3.05) is 5.32 Å². The van der Waals surface area contributed by atoms with Gasteiger partial charge in [-0.3, -0.25) is 4.79 Å². The Labute approximate surface area is 199 Å². The Balaban J connectivity index is 1.78. The first-order chi connectivity index (χ1) is 15.0. The topological polar surface area (TPSA) is 88.2 Å². The van der Waals surface area contributed by atoms with Crippen molar-refractivity contribution < 1.29 is 17.6 Å². The zero-order chi connectivity index (χ0) is 23.5. The summed E-state index contributed by atoms with van der Waals surface area (Å²) in [5, 5.41) is 4.76. The molecule has 0 saturated carbocycles. The van der Waals surface area contributed by atoms with Crippen LogP contribution in [0.4, 0.5) is 9.52 Å². The Bertz CT molecular complexity index is 1210. The second-order valence-corrected chi connectivity index (χ2v) is 11.2. The van der Waals surface area contributed by atoms with Crippen molar-refractivity contribution in [1.29, 1.82) is 0 Å². The lowest BCUT2D eigenvalue weighted by Gasteiger charge is -2.19. The molecule has 1 heterocycles. The van der Waals surface area contributed by atoms with Gasteiger partial charge in [0, 0.05) is 15.4 Å². The summed E-state index contributed by atoms with van der Waals surface area (Å²) in [4.78, 5) is 17.4. The van der Waals surface area contributed by atoms with E-state index in [1.807, 2.05) is 20.8 Å². The van der Waals surface area contributed by atoms with Gasteiger partial charge in [-0.25, -0.2) is 17.8 Å². The third-order valence-corrected chi connectivity index (χ3v) is 7.50. The van der Waals surface area contributed by atoms with Crippen LogP contribution in [0.2, 0.25) is 0 Å². The zero-order valence-corrected chi connectivity index (χ0v) is 20.9. The van der Waals surface area contributed by atoms with E-state index < -0.39 is 22.0 Å². The van der Waals surface area contributed by atoms with E-state index in [1.165, 1.54) is 35.6 Å². The smallest absolute Gasteiger partial charge is 0.244 e. The highest BCUT2D eigenvalue weighted by atomic mass is 79.9. The summed E-state index contributed by atoms with van der Waals surface area (Å²) in [7, 11) is -3.88. The maximum absolute atomic E-state index is 13.4. The highest BCUT2D eigenvalue weighted by molar-refractivity contribution is 9.10. The van der Waals surface area contributed by atoms with E-state index in [-0.39, 0.29) is 16.6 Å². The van der Waals surface area contributed by atoms with Gasteiger partial charge in [0.15, 0.2) is 5.13 Å². The van der Waals surface area contributed by atoms with E-state index in [0.717, 1.165) is 5.56 Å². The first-order valence-corrected chi connectivity index (χ1v) is 13.0. The Hall–Kier alpha value is -2.14. The molecule has 0 unspecified atom stereocenters. The molecule has 32 heavy (non-hydrogen) atoms. The van der Waals surface area contributed by atoms with Crippen molar-refractivity contribution in [2.24, 2.45) is 5.92 Å². The van der Waals surface area contributed by atoms with Crippen molar-refractivity contribution in [1.82, 2.24) is 9.71 Å². The number of amides is 1. The van der Waals surface area contributed by atoms with Crippen molar-refractivity contribution in [3.8, 4) is 11.3 Å². The summed E-state index contributed by atoms with van der Waals surface area (Å²) in [6.07, 6.45) is 0.318. The molecule has 0 aliphatic rings. The average molecular weight is 540 g/mol. The number of hydrogen-bond acceptors (Lipinski definition) is 5. The minimum absolute atomic E-state index is 0.0773. The molecule has 3 aromatic rings. The van der Waals surface area contributed by atoms with Gasteiger partial charge in [0.25, 0.3) is 0 Å². The van der Waals surface area contributed by atoms with Gasteiger partial charge in [-0.1, -0.05) is 31.5 Å². The average Bonchev–Trinajstić information content (AvgIpc) is 3.15. The number of nitrogens with one attached hydrogen (secondary N) is 2. The van der Waals surface area contributed by atoms with Gasteiger partial charge in [0.1, 0.15) is 11.9 Å². The van der Waals surface area contributed by atoms with E-state index >= 15 is 0 Å². The predicted molar refractivity (Wildman–Crippen MR) is 129 cm³/mol. The molecule has 1 amide bonds. The number of carbonyl (C=O) groups is 1. The fourth-order valence-corrected chi connectivity index (χ4v) is 5.47. The summed E-state index contributed by atoms with van der Waals surface area (Å²) in [6.45, 7) is 5.69. The molecule has 170 valence electrons. The van der Waals surface area contributed by atoms with Crippen LogP contribution in [-0.2, 0) is 14.8 Å². The summed E-state index contributed by atoms with van der Waals surface area (Å²) >= 11 is 4.52.